The third kappa shape index (κ3) is 4.16. The summed E-state index contributed by atoms with van der Waals surface area (Å²) in [4.78, 5) is 28.1. The molecule has 0 bridgehead atoms. The third-order valence-corrected chi connectivity index (χ3v) is 6.14. The van der Waals surface area contributed by atoms with Crippen LogP contribution in [0.1, 0.15) is 17.5 Å². The Bertz CT molecular complexity index is 1200. The highest BCUT2D eigenvalue weighted by molar-refractivity contribution is 7.80. The zero-order chi connectivity index (χ0) is 22.8. The number of fused-ring (bicyclic) bond motifs is 1. The summed E-state index contributed by atoms with van der Waals surface area (Å²) in [6, 6.07) is 16.0. The second-order valence-electron chi connectivity index (χ2n) is 7.88. The Kier molecular flexibility index (Phi) is 6.10. The Balaban J connectivity index is 1.55. The van der Waals surface area contributed by atoms with Gasteiger partial charge in [-0.2, -0.15) is 0 Å². The van der Waals surface area contributed by atoms with E-state index in [1.54, 1.807) is 20.2 Å². The van der Waals surface area contributed by atoms with E-state index in [9.17, 15) is 9.59 Å². The molecule has 1 fully saturated rings. The molecule has 164 valence electrons. The molecule has 2 aromatic carbocycles. The first-order chi connectivity index (χ1) is 15.4. The van der Waals surface area contributed by atoms with Gasteiger partial charge < -0.3 is 9.30 Å². The van der Waals surface area contributed by atoms with Gasteiger partial charge in [-0.05, 0) is 49.8 Å². The van der Waals surface area contributed by atoms with Crippen LogP contribution in [0.25, 0.3) is 17.0 Å². The molecule has 6 nitrogen and oxygen atoms in total. The standard InChI is InChI=1S/C25H25N3O3S/c1-17-9-11-19(12-10-17)31-14-6-13-28-16-18(20-7-4-5-8-22(20)28)15-21-23(29)26(2)25(32)27(3)24(21)30/h4-5,7-12,15-16H,6,13-14H2,1-3H3. The molecule has 0 radical (unpaired) electrons. The number of thiocarbonyl (C=S) groups is 1. The summed E-state index contributed by atoms with van der Waals surface area (Å²) in [6.07, 6.45) is 4.47. The second kappa shape index (κ2) is 8.96. The molecule has 0 unspecified atom stereocenters. The number of hydrogen-bond acceptors (Lipinski definition) is 4. The molecule has 0 aliphatic carbocycles. The van der Waals surface area contributed by atoms with Gasteiger partial charge >= 0.3 is 0 Å². The zero-order valence-electron chi connectivity index (χ0n) is 18.4. The van der Waals surface area contributed by atoms with Crippen LogP contribution in [0.4, 0.5) is 0 Å². The fourth-order valence-corrected chi connectivity index (χ4v) is 3.93. The van der Waals surface area contributed by atoms with Crippen molar-refractivity contribution in [1.82, 2.24) is 14.4 Å². The van der Waals surface area contributed by atoms with Gasteiger partial charge in [0, 0.05) is 43.3 Å². The Morgan fingerprint density at radius 3 is 2.31 bits per heavy atom. The summed E-state index contributed by atoms with van der Waals surface area (Å²) in [7, 11) is 3.16. The van der Waals surface area contributed by atoms with E-state index in [4.69, 9.17) is 17.0 Å². The van der Waals surface area contributed by atoms with Crippen LogP contribution in [0.2, 0.25) is 0 Å². The molecule has 4 rings (SSSR count). The summed E-state index contributed by atoms with van der Waals surface area (Å²) in [5.74, 6) is 0.0849. The molecule has 0 atom stereocenters. The molecule has 1 saturated heterocycles. The van der Waals surface area contributed by atoms with Crippen molar-refractivity contribution in [2.75, 3.05) is 20.7 Å². The van der Waals surface area contributed by atoms with Crippen molar-refractivity contribution in [3.63, 3.8) is 0 Å². The highest BCUT2D eigenvalue weighted by Gasteiger charge is 2.35. The molecule has 3 aromatic rings. The maximum absolute atomic E-state index is 12.7. The first-order valence-electron chi connectivity index (χ1n) is 10.5. The molecule has 0 saturated carbocycles. The maximum atomic E-state index is 12.7. The molecule has 32 heavy (non-hydrogen) atoms. The fraction of sp³-hybridized carbons (Fsp3) is 0.240. The number of rotatable bonds is 6. The largest absolute Gasteiger partial charge is 0.494 e. The zero-order valence-corrected chi connectivity index (χ0v) is 19.2. The quantitative estimate of drug-likeness (QED) is 0.248. The predicted molar refractivity (Wildman–Crippen MR) is 129 cm³/mol. The number of ether oxygens (including phenoxy) is 1. The van der Waals surface area contributed by atoms with Gasteiger partial charge in [0.15, 0.2) is 5.11 Å². The van der Waals surface area contributed by atoms with E-state index in [0.29, 0.717) is 6.61 Å². The molecule has 1 aromatic heterocycles. The normalized spacial score (nSPS) is 14.5. The van der Waals surface area contributed by atoms with E-state index in [1.807, 2.05) is 61.7 Å². The van der Waals surface area contributed by atoms with Gasteiger partial charge in [0.1, 0.15) is 11.3 Å². The van der Waals surface area contributed by atoms with Crippen LogP contribution in [-0.4, -0.2) is 52.0 Å². The minimum Gasteiger partial charge on any atom is -0.494 e. The van der Waals surface area contributed by atoms with Gasteiger partial charge in [0.25, 0.3) is 11.8 Å². The molecule has 2 amide bonds. The highest BCUT2D eigenvalue weighted by Crippen LogP contribution is 2.26. The predicted octanol–water partition coefficient (Wildman–Crippen LogP) is 4.02. The van der Waals surface area contributed by atoms with Gasteiger partial charge in [0.05, 0.1) is 6.61 Å². The average Bonchev–Trinajstić information content (AvgIpc) is 3.15. The lowest BCUT2D eigenvalue weighted by atomic mass is 10.1. The lowest BCUT2D eigenvalue weighted by molar-refractivity contribution is -0.132. The van der Waals surface area contributed by atoms with Crippen molar-refractivity contribution >= 4 is 46.1 Å². The van der Waals surface area contributed by atoms with Crippen molar-refractivity contribution < 1.29 is 14.3 Å². The van der Waals surface area contributed by atoms with Gasteiger partial charge in [0.2, 0.25) is 0 Å². The number of benzene rings is 2. The summed E-state index contributed by atoms with van der Waals surface area (Å²) in [6.45, 7) is 3.39. The van der Waals surface area contributed by atoms with Crippen molar-refractivity contribution in [1.29, 1.82) is 0 Å². The number of para-hydroxylation sites is 1. The number of aromatic nitrogens is 1. The minimum atomic E-state index is -0.388. The van der Waals surface area contributed by atoms with Crippen LogP contribution in [0.5, 0.6) is 5.75 Å². The molecule has 1 aliphatic heterocycles. The van der Waals surface area contributed by atoms with Crippen molar-refractivity contribution in [2.24, 2.45) is 0 Å². The number of carbonyl (C=O) groups excluding carboxylic acids is 2. The summed E-state index contributed by atoms with van der Waals surface area (Å²) < 4.78 is 7.98. The van der Waals surface area contributed by atoms with Crippen molar-refractivity contribution in [3.8, 4) is 5.75 Å². The lowest BCUT2D eigenvalue weighted by Gasteiger charge is -2.31. The average molecular weight is 448 g/mol. The highest BCUT2D eigenvalue weighted by atomic mass is 32.1. The van der Waals surface area contributed by atoms with E-state index in [2.05, 4.69) is 4.57 Å². The Hall–Kier alpha value is -3.45. The number of aryl methyl sites for hydroxylation is 2. The lowest BCUT2D eigenvalue weighted by Crippen LogP contribution is -2.52. The van der Waals surface area contributed by atoms with Gasteiger partial charge in [-0.25, -0.2) is 0 Å². The van der Waals surface area contributed by atoms with Crippen molar-refractivity contribution in [3.05, 3.63) is 71.4 Å². The van der Waals surface area contributed by atoms with Crippen LogP contribution < -0.4 is 4.74 Å². The summed E-state index contributed by atoms with van der Waals surface area (Å²) >= 11 is 5.17. The molecule has 7 heteroatoms. The Morgan fingerprint density at radius 2 is 1.62 bits per heavy atom. The first-order valence-corrected chi connectivity index (χ1v) is 10.9. The number of hydrogen-bond donors (Lipinski definition) is 0. The van der Waals surface area contributed by atoms with Crippen LogP contribution >= 0.6 is 12.2 Å². The molecule has 1 aliphatic rings. The van der Waals surface area contributed by atoms with E-state index in [-0.39, 0.29) is 22.5 Å². The van der Waals surface area contributed by atoms with Crippen LogP contribution in [0.15, 0.2) is 60.3 Å². The fourth-order valence-electron chi connectivity index (χ4n) is 3.77. The first kappa shape index (κ1) is 21.8. The number of amides is 2. The van der Waals surface area contributed by atoms with Crippen molar-refractivity contribution in [2.45, 2.75) is 19.9 Å². The summed E-state index contributed by atoms with van der Waals surface area (Å²) in [5.41, 5.74) is 3.18. The van der Waals surface area contributed by atoms with Gasteiger partial charge in [-0.15, -0.1) is 0 Å². The van der Waals surface area contributed by atoms with Gasteiger partial charge in [-0.1, -0.05) is 35.9 Å². The summed E-state index contributed by atoms with van der Waals surface area (Å²) in [5, 5.41) is 1.19. The van der Waals surface area contributed by atoms with E-state index in [0.717, 1.165) is 35.2 Å². The Morgan fingerprint density at radius 1 is 0.969 bits per heavy atom. The minimum absolute atomic E-state index is 0.106. The molecular weight excluding hydrogens is 422 g/mol. The van der Waals surface area contributed by atoms with Gasteiger partial charge in [-0.3, -0.25) is 19.4 Å². The van der Waals surface area contributed by atoms with E-state index >= 15 is 0 Å². The van der Waals surface area contributed by atoms with E-state index in [1.165, 1.54) is 15.4 Å². The number of nitrogens with zero attached hydrogens (tertiary/aromatic N) is 3. The maximum Gasteiger partial charge on any atom is 0.265 e. The molecule has 0 N–H and O–H groups in total. The molecule has 0 spiro atoms. The van der Waals surface area contributed by atoms with Crippen LogP contribution in [0, 0.1) is 6.92 Å². The Labute approximate surface area is 192 Å². The van der Waals surface area contributed by atoms with Crippen LogP contribution in [-0.2, 0) is 16.1 Å². The topological polar surface area (TPSA) is 54.8 Å². The molecule has 2 heterocycles. The second-order valence-corrected chi connectivity index (χ2v) is 8.24. The van der Waals surface area contributed by atoms with E-state index < -0.39 is 0 Å². The SMILES string of the molecule is Cc1ccc(OCCCn2cc(C=C3C(=O)N(C)C(=S)N(C)C3=O)c3ccccc32)cc1. The smallest absolute Gasteiger partial charge is 0.265 e. The molecular formula is C25H25N3O3S. The third-order valence-electron chi connectivity index (χ3n) is 5.60. The number of carbonyl (C=O) groups is 2. The monoisotopic (exact) mass is 447 g/mol. The van der Waals surface area contributed by atoms with Crippen LogP contribution in [0.3, 0.4) is 0 Å². The number of likely N-dealkylation sites (N-methyl/N-ethyl adjacent to an activating group) is 2.